The van der Waals surface area contributed by atoms with Gasteiger partial charge in [0, 0.05) is 10.6 Å². The molecule has 2 aromatic carbocycles. The summed E-state index contributed by atoms with van der Waals surface area (Å²) in [6.07, 6.45) is 0. The Morgan fingerprint density at radius 3 is 2.48 bits per heavy atom. The standard InChI is InChI=1S/C22H22ClN3O4S/c1-11-5-6-14(9-15(11)23)26-22-19(12(2)25-26)21(31-10-18(27)24-22)13-7-16(29-3)20(28)17(8-13)30-4/h5-9,21,28H,10H2,1-4H3,(H,24,27). The summed E-state index contributed by atoms with van der Waals surface area (Å²) in [4.78, 5) is 12.5. The minimum atomic E-state index is -0.230. The minimum Gasteiger partial charge on any atom is -0.502 e. The zero-order chi connectivity index (χ0) is 22.3. The Bertz CT molecular complexity index is 1150. The number of aromatic hydroxyl groups is 1. The number of methoxy groups -OCH3 is 2. The number of hydrogen-bond acceptors (Lipinski definition) is 6. The van der Waals surface area contributed by atoms with Crippen LogP contribution in [-0.4, -0.2) is 40.8 Å². The van der Waals surface area contributed by atoms with E-state index in [9.17, 15) is 9.90 Å². The van der Waals surface area contributed by atoms with Crippen LogP contribution in [0.25, 0.3) is 5.69 Å². The Morgan fingerprint density at radius 1 is 1.19 bits per heavy atom. The highest BCUT2D eigenvalue weighted by atomic mass is 35.5. The molecule has 0 fully saturated rings. The van der Waals surface area contributed by atoms with Crippen LogP contribution in [0.15, 0.2) is 30.3 Å². The average molecular weight is 460 g/mol. The largest absolute Gasteiger partial charge is 0.502 e. The van der Waals surface area contributed by atoms with Crippen molar-refractivity contribution in [3.8, 4) is 22.9 Å². The van der Waals surface area contributed by atoms with Gasteiger partial charge in [0.05, 0.1) is 36.6 Å². The molecule has 162 valence electrons. The van der Waals surface area contributed by atoms with Crippen molar-refractivity contribution >= 4 is 35.1 Å². The maximum atomic E-state index is 12.5. The van der Waals surface area contributed by atoms with Gasteiger partial charge < -0.3 is 19.9 Å². The third-order valence-corrected chi connectivity index (χ3v) is 6.89. The molecule has 0 radical (unpaired) electrons. The van der Waals surface area contributed by atoms with Gasteiger partial charge in [-0.15, -0.1) is 11.8 Å². The van der Waals surface area contributed by atoms with Crippen LogP contribution in [0.2, 0.25) is 5.02 Å². The lowest BCUT2D eigenvalue weighted by Gasteiger charge is -2.18. The van der Waals surface area contributed by atoms with Crippen molar-refractivity contribution in [1.29, 1.82) is 0 Å². The quantitative estimate of drug-likeness (QED) is 0.591. The normalized spacial score (nSPS) is 15.8. The minimum absolute atomic E-state index is 0.0662. The van der Waals surface area contributed by atoms with Gasteiger partial charge in [0.1, 0.15) is 5.82 Å². The summed E-state index contributed by atoms with van der Waals surface area (Å²) in [6.45, 7) is 3.84. The molecule has 1 amide bonds. The molecule has 0 saturated heterocycles. The van der Waals surface area contributed by atoms with E-state index >= 15 is 0 Å². The number of amides is 1. The number of halogens is 1. The molecular weight excluding hydrogens is 438 g/mol. The number of carbonyl (C=O) groups excluding carboxylic acids is 1. The van der Waals surface area contributed by atoms with E-state index in [0.717, 1.165) is 28.1 Å². The third kappa shape index (κ3) is 3.81. The molecule has 2 N–H and O–H groups in total. The number of thioether (sulfide) groups is 1. The van der Waals surface area contributed by atoms with E-state index in [-0.39, 0.29) is 22.7 Å². The smallest absolute Gasteiger partial charge is 0.235 e. The van der Waals surface area contributed by atoms with Crippen LogP contribution in [0.3, 0.4) is 0 Å². The molecule has 0 spiro atoms. The maximum absolute atomic E-state index is 12.5. The number of nitrogens with one attached hydrogen (secondary N) is 1. The van der Waals surface area contributed by atoms with Crippen LogP contribution in [0, 0.1) is 13.8 Å². The van der Waals surface area contributed by atoms with Gasteiger partial charge in [0.15, 0.2) is 11.5 Å². The molecule has 31 heavy (non-hydrogen) atoms. The summed E-state index contributed by atoms with van der Waals surface area (Å²) in [5, 5.41) is 18.4. The number of anilines is 1. The number of benzene rings is 2. The molecule has 2 heterocycles. The fourth-order valence-electron chi connectivity index (χ4n) is 3.61. The second-order valence-electron chi connectivity index (χ2n) is 7.21. The monoisotopic (exact) mass is 459 g/mol. The van der Waals surface area contributed by atoms with Gasteiger partial charge in [0.2, 0.25) is 11.7 Å². The first-order valence-electron chi connectivity index (χ1n) is 9.56. The molecule has 3 aromatic rings. The Morgan fingerprint density at radius 2 is 1.87 bits per heavy atom. The van der Waals surface area contributed by atoms with Crippen molar-refractivity contribution in [1.82, 2.24) is 9.78 Å². The number of aromatic nitrogens is 2. The third-order valence-electron chi connectivity index (χ3n) is 5.21. The predicted molar refractivity (Wildman–Crippen MR) is 122 cm³/mol. The molecule has 9 heteroatoms. The Balaban J connectivity index is 1.91. The van der Waals surface area contributed by atoms with E-state index in [1.807, 2.05) is 32.0 Å². The first-order chi connectivity index (χ1) is 14.8. The van der Waals surface area contributed by atoms with Gasteiger partial charge >= 0.3 is 0 Å². The van der Waals surface area contributed by atoms with Crippen molar-refractivity contribution in [3.63, 3.8) is 0 Å². The second-order valence-corrected chi connectivity index (χ2v) is 8.71. The Labute approximate surface area is 189 Å². The molecule has 0 saturated carbocycles. The number of hydrogen-bond donors (Lipinski definition) is 2. The van der Waals surface area contributed by atoms with Crippen LogP contribution in [0.1, 0.15) is 27.6 Å². The maximum Gasteiger partial charge on any atom is 0.235 e. The summed E-state index contributed by atoms with van der Waals surface area (Å²) in [5.74, 6) is 1.28. The summed E-state index contributed by atoms with van der Waals surface area (Å²) < 4.78 is 12.4. The van der Waals surface area contributed by atoms with E-state index in [1.54, 1.807) is 16.8 Å². The van der Waals surface area contributed by atoms with E-state index in [1.165, 1.54) is 26.0 Å². The summed E-state index contributed by atoms with van der Waals surface area (Å²) >= 11 is 7.81. The van der Waals surface area contributed by atoms with Crippen molar-refractivity contribution in [2.75, 3.05) is 25.3 Å². The number of aryl methyl sites for hydroxylation is 2. The molecule has 7 nitrogen and oxygen atoms in total. The van der Waals surface area contributed by atoms with Gasteiger partial charge in [-0.25, -0.2) is 4.68 Å². The highest BCUT2D eigenvalue weighted by Gasteiger charge is 2.32. The van der Waals surface area contributed by atoms with Crippen LogP contribution >= 0.6 is 23.4 Å². The molecule has 4 rings (SSSR count). The van der Waals surface area contributed by atoms with Crippen molar-refractivity contribution < 1.29 is 19.4 Å². The number of carbonyl (C=O) groups is 1. The van der Waals surface area contributed by atoms with E-state index in [2.05, 4.69) is 5.32 Å². The molecular formula is C22H22ClN3O4S. The number of fused-ring (bicyclic) bond motifs is 1. The van der Waals surface area contributed by atoms with Gasteiger partial charge in [-0.2, -0.15) is 5.10 Å². The molecule has 1 aliphatic rings. The lowest BCUT2D eigenvalue weighted by atomic mass is 10.0. The van der Waals surface area contributed by atoms with Crippen molar-refractivity contribution in [2.24, 2.45) is 0 Å². The average Bonchev–Trinajstić information content (AvgIpc) is 2.95. The van der Waals surface area contributed by atoms with Crippen LogP contribution < -0.4 is 14.8 Å². The zero-order valence-corrected chi connectivity index (χ0v) is 19.1. The summed E-state index contributed by atoms with van der Waals surface area (Å²) in [6, 6.07) is 9.18. The molecule has 0 aliphatic carbocycles. The zero-order valence-electron chi connectivity index (χ0n) is 17.5. The van der Waals surface area contributed by atoms with Gasteiger partial charge in [-0.1, -0.05) is 17.7 Å². The molecule has 1 aliphatic heterocycles. The predicted octanol–water partition coefficient (Wildman–Crippen LogP) is 4.64. The topological polar surface area (TPSA) is 85.6 Å². The number of ether oxygens (including phenoxy) is 2. The van der Waals surface area contributed by atoms with Gasteiger partial charge in [-0.05, 0) is 49.2 Å². The molecule has 1 aromatic heterocycles. The van der Waals surface area contributed by atoms with Gasteiger partial charge in [-0.3, -0.25) is 4.79 Å². The Hall–Kier alpha value is -2.84. The highest BCUT2D eigenvalue weighted by Crippen LogP contribution is 2.48. The Kier molecular flexibility index (Phi) is 5.77. The van der Waals surface area contributed by atoms with E-state index in [0.29, 0.717) is 22.3 Å². The number of rotatable bonds is 4. The molecule has 1 unspecified atom stereocenters. The number of phenolic OH excluding ortho intramolecular Hbond substituents is 1. The lowest BCUT2D eigenvalue weighted by molar-refractivity contribution is -0.113. The van der Waals surface area contributed by atoms with E-state index < -0.39 is 0 Å². The van der Waals surface area contributed by atoms with Crippen LogP contribution in [0.5, 0.6) is 17.2 Å². The second kappa shape index (κ2) is 8.36. The number of phenols is 1. The first kappa shape index (κ1) is 21.4. The number of nitrogens with zero attached hydrogens (tertiary/aromatic N) is 2. The fraction of sp³-hybridized carbons (Fsp3) is 0.273. The SMILES string of the molecule is COc1cc(C2SCC(=O)Nc3c2c(C)nn3-c2ccc(C)c(Cl)c2)cc(OC)c1O. The van der Waals surface area contributed by atoms with Crippen LogP contribution in [-0.2, 0) is 4.79 Å². The summed E-state index contributed by atoms with van der Waals surface area (Å²) in [7, 11) is 2.97. The summed E-state index contributed by atoms with van der Waals surface area (Å²) in [5.41, 5.74) is 4.20. The lowest BCUT2D eigenvalue weighted by Crippen LogP contribution is -2.15. The van der Waals surface area contributed by atoms with E-state index in [4.69, 9.17) is 26.2 Å². The van der Waals surface area contributed by atoms with Crippen molar-refractivity contribution in [3.05, 3.63) is 57.7 Å². The fourth-order valence-corrected chi connectivity index (χ4v) is 4.95. The molecule has 0 bridgehead atoms. The van der Waals surface area contributed by atoms with Crippen LogP contribution in [0.4, 0.5) is 5.82 Å². The molecule has 1 atom stereocenters. The van der Waals surface area contributed by atoms with Gasteiger partial charge in [0.25, 0.3) is 0 Å². The highest BCUT2D eigenvalue weighted by molar-refractivity contribution is 8.00. The van der Waals surface area contributed by atoms with Crippen molar-refractivity contribution in [2.45, 2.75) is 19.1 Å². The first-order valence-corrected chi connectivity index (χ1v) is 11.0.